The number of alkyl halides is 3. The lowest BCUT2D eigenvalue weighted by Gasteiger charge is -2.13. The fourth-order valence-electron chi connectivity index (χ4n) is 4.79. The molecule has 1 amide bonds. The Hall–Kier alpha value is -4.12. The predicted molar refractivity (Wildman–Crippen MR) is 137 cm³/mol. The van der Waals surface area contributed by atoms with Gasteiger partial charge in [0.15, 0.2) is 0 Å². The van der Waals surface area contributed by atoms with E-state index in [1.165, 1.54) is 12.1 Å². The fourth-order valence-corrected chi connectivity index (χ4v) is 4.79. The summed E-state index contributed by atoms with van der Waals surface area (Å²) < 4.78 is 41.8. The highest BCUT2D eigenvalue weighted by Crippen LogP contribution is 2.33. The van der Waals surface area contributed by atoms with Crippen molar-refractivity contribution in [2.24, 2.45) is 5.92 Å². The Kier molecular flexibility index (Phi) is 7.35. The Morgan fingerprint density at radius 1 is 1.00 bits per heavy atom. The number of amides is 1. The second kappa shape index (κ2) is 10.5. The topological polar surface area (TPSA) is 74.9 Å². The van der Waals surface area contributed by atoms with Crippen molar-refractivity contribution < 1.29 is 22.8 Å². The van der Waals surface area contributed by atoms with E-state index in [1.54, 1.807) is 6.92 Å². The Bertz CT molecular complexity index is 1530. The van der Waals surface area contributed by atoms with Crippen LogP contribution in [0.1, 0.15) is 43.4 Å². The molecule has 4 aromatic rings. The maximum atomic E-state index is 13.2. The number of anilines is 1. The molecule has 0 radical (unpaired) electrons. The van der Waals surface area contributed by atoms with E-state index in [0.717, 1.165) is 40.5 Å². The van der Waals surface area contributed by atoms with Gasteiger partial charge in [-0.05, 0) is 54.8 Å². The third-order valence-corrected chi connectivity index (χ3v) is 6.39. The Morgan fingerprint density at radius 2 is 1.73 bits per heavy atom. The third kappa shape index (κ3) is 5.67. The number of nitriles is 1. The molecule has 0 bridgehead atoms. The van der Waals surface area contributed by atoms with Crippen LogP contribution >= 0.6 is 0 Å². The second-order valence-electron chi connectivity index (χ2n) is 9.26. The quantitative estimate of drug-likeness (QED) is 0.284. The average molecular weight is 506 g/mol. The SMILES string of the molecule is CCn1c2ccccc2c2cc(NC(=O)CC(C)CC(=O)Cc3ccc(C#N)c(C(F)(F)F)c3)ccc21. The number of Topliss-reactive ketones (excluding diaryl/α,β-unsaturated/α-hetero) is 1. The molecule has 0 saturated carbocycles. The van der Waals surface area contributed by atoms with Gasteiger partial charge in [0.2, 0.25) is 5.91 Å². The number of para-hydroxylation sites is 1. The zero-order chi connectivity index (χ0) is 26.7. The molecule has 4 rings (SSSR count). The van der Waals surface area contributed by atoms with Crippen molar-refractivity contribution in [2.45, 2.75) is 45.8 Å². The van der Waals surface area contributed by atoms with Crippen LogP contribution < -0.4 is 5.32 Å². The molecule has 1 unspecified atom stereocenters. The first-order valence-corrected chi connectivity index (χ1v) is 12.0. The van der Waals surface area contributed by atoms with Gasteiger partial charge in [-0.1, -0.05) is 31.2 Å². The van der Waals surface area contributed by atoms with Crippen molar-refractivity contribution >= 4 is 39.2 Å². The molecule has 1 N–H and O–H groups in total. The Balaban J connectivity index is 1.39. The highest BCUT2D eigenvalue weighted by Gasteiger charge is 2.34. The van der Waals surface area contributed by atoms with Gasteiger partial charge in [-0.15, -0.1) is 0 Å². The van der Waals surface area contributed by atoms with E-state index in [2.05, 4.69) is 28.9 Å². The summed E-state index contributed by atoms with van der Waals surface area (Å²) in [6.45, 7) is 4.66. The van der Waals surface area contributed by atoms with E-state index in [1.807, 2.05) is 30.3 Å². The van der Waals surface area contributed by atoms with Gasteiger partial charge >= 0.3 is 6.18 Å². The highest BCUT2D eigenvalue weighted by molar-refractivity contribution is 6.09. The number of hydrogen-bond acceptors (Lipinski definition) is 3. The minimum absolute atomic E-state index is 0.0534. The van der Waals surface area contributed by atoms with Crippen LogP contribution in [0, 0.1) is 17.2 Å². The minimum atomic E-state index is -4.68. The summed E-state index contributed by atoms with van der Waals surface area (Å²) in [5.41, 5.74) is 1.52. The van der Waals surface area contributed by atoms with Gasteiger partial charge in [0.25, 0.3) is 0 Å². The first-order valence-electron chi connectivity index (χ1n) is 12.0. The van der Waals surface area contributed by atoms with Crippen molar-refractivity contribution in [3.05, 3.63) is 77.4 Å². The van der Waals surface area contributed by atoms with Crippen LogP contribution in [0.3, 0.4) is 0 Å². The van der Waals surface area contributed by atoms with Crippen molar-refractivity contribution in [1.82, 2.24) is 4.57 Å². The van der Waals surface area contributed by atoms with Crippen LogP contribution in [0.25, 0.3) is 21.8 Å². The first kappa shape index (κ1) is 26.0. The van der Waals surface area contributed by atoms with Crippen LogP contribution in [-0.4, -0.2) is 16.3 Å². The van der Waals surface area contributed by atoms with Gasteiger partial charge in [-0.3, -0.25) is 9.59 Å². The Labute approximate surface area is 212 Å². The number of halogens is 3. The van der Waals surface area contributed by atoms with Crippen molar-refractivity contribution in [3.8, 4) is 6.07 Å². The van der Waals surface area contributed by atoms with Crippen LogP contribution in [0.2, 0.25) is 0 Å². The largest absolute Gasteiger partial charge is 0.417 e. The molecule has 37 heavy (non-hydrogen) atoms. The van der Waals surface area contributed by atoms with Crippen LogP contribution in [-0.2, 0) is 28.7 Å². The van der Waals surface area contributed by atoms with E-state index >= 15 is 0 Å². The summed E-state index contributed by atoms with van der Waals surface area (Å²) in [6, 6.07) is 18.7. The summed E-state index contributed by atoms with van der Waals surface area (Å²) in [5.74, 6) is -0.803. The molecule has 0 spiro atoms. The number of benzene rings is 3. The van der Waals surface area contributed by atoms with Gasteiger partial charge in [0.05, 0.1) is 17.2 Å². The predicted octanol–water partition coefficient (Wildman–Crippen LogP) is 6.87. The first-order chi connectivity index (χ1) is 17.6. The maximum absolute atomic E-state index is 13.2. The van der Waals surface area contributed by atoms with Gasteiger partial charge in [0.1, 0.15) is 5.78 Å². The van der Waals surface area contributed by atoms with Gasteiger partial charge < -0.3 is 9.88 Å². The number of rotatable bonds is 8. The third-order valence-electron chi connectivity index (χ3n) is 6.39. The maximum Gasteiger partial charge on any atom is 0.417 e. The van der Waals surface area contributed by atoms with Gasteiger partial charge in [-0.2, -0.15) is 18.4 Å². The smallest absolute Gasteiger partial charge is 0.341 e. The molecule has 0 aliphatic rings. The number of ketones is 1. The fraction of sp³-hybridized carbons (Fsp3) is 0.276. The molecular formula is C29H26F3N3O2. The molecule has 8 heteroatoms. The number of fused-ring (bicyclic) bond motifs is 3. The van der Waals surface area contributed by atoms with Gasteiger partial charge in [-0.25, -0.2) is 0 Å². The molecule has 0 saturated heterocycles. The molecule has 3 aromatic carbocycles. The number of aryl methyl sites for hydroxylation is 1. The number of nitrogens with one attached hydrogen (secondary N) is 1. The summed E-state index contributed by atoms with van der Waals surface area (Å²) in [6.07, 6.45) is -4.72. The molecular weight excluding hydrogens is 479 g/mol. The monoisotopic (exact) mass is 505 g/mol. The van der Waals surface area contributed by atoms with Crippen molar-refractivity contribution in [2.75, 3.05) is 5.32 Å². The lowest BCUT2D eigenvalue weighted by molar-refractivity contribution is -0.138. The molecule has 190 valence electrons. The van der Waals surface area contributed by atoms with E-state index in [0.29, 0.717) is 5.69 Å². The van der Waals surface area contributed by atoms with Gasteiger partial charge in [0, 0.05) is 53.3 Å². The van der Waals surface area contributed by atoms with Crippen LogP contribution in [0.5, 0.6) is 0 Å². The van der Waals surface area contributed by atoms with E-state index in [4.69, 9.17) is 5.26 Å². The lowest BCUT2D eigenvalue weighted by Crippen LogP contribution is -2.18. The highest BCUT2D eigenvalue weighted by atomic mass is 19.4. The number of aromatic nitrogens is 1. The zero-order valence-corrected chi connectivity index (χ0v) is 20.5. The standard InChI is InChI=1S/C29H26F3N3O2/c1-3-35-26-7-5-4-6-23(26)24-16-21(10-11-27(24)35)34-28(37)13-18(2)12-22(36)14-19-8-9-20(17-33)25(15-19)29(30,31)32/h4-11,15-16,18H,3,12-14H2,1-2H3,(H,34,37). The Morgan fingerprint density at radius 3 is 2.43 bits per heavy atom. The molecule has 0 fully saturated rings. The summed E-state index contributed by atoms with van der Waals surface area (Å²) >= 11 is 0. The van der Waals surface area contributed by atoms with E-state index in [9.17, 15) is 22.8 Å². The van der Waals surface area contributed by atoms with Crippen molar-refractivity contribution in [1.29, 1.82) is 5.26 Å². The van der Waals surface area contributed by atoms with E-state index < -0.39 is 17.3 Å². The minimum Gasteiger partial charge on any atom is -0.341 e. The molecule has 0 aliphatic heterocycles. The molecule has 1 atom stereocenters. The number of carbonyl (C=O) groups excluding carboxylic acids is 2. The normalized spacial score (nSPS) is 12.4. The zero-order valence-electron chi connectivity index (χ0n) is 20.5. The lowest BCUT2D eigenvalue weighted by atomic mass is 9.95. The van der Waals surface area contributed by atoms with Crippen LogP contribution in [0.4, 0.5) is 18.9 Å². The summed E-state index contributed by atoms with van der Waals surface area (Å²) in [7, 11) is 0. The average Bonchev–Trinajstić information content (AvgIpc) is 3.16. The molecule has 1 aromatic heterocycles. The summed E-state index contributed by atoms with van der Waals surface area (Å²) in [5, 5.41) is 14.0. The number of nitrogens with zero attached hydrogens (tertiary/aromatic N) is 2. The second-order valence-corrected chi connectivity index (χ2v) is 9.26. The van der Waals surface area contributed by atoms with Crippen LogP contribution in [0.15, 0.2) is 60.7 Å². The summed E-state index contributed by atoms with van der Waals surface area (Å²) in [4.78, 5) is 25.2. The van der Waals surface area contributed by atoms with E-state index in [-0.39, 0.29) is 42.4 Å². The molecule has 0 aliphatic carbocycles. The molecule has 1 heterocycles. The number of hydrogen-bond donors (Lipinski definition) is 1. The molecule has 5 nitrogen and oxygen atoms in total. The number of carbonyl (C=O) groups is 2. The van der Waals surface area contributed by atoms with Crippen molar-refractivity contribution in [3.63, 3.8) is 0 Å².